The van der Waals surface area contributed by atoms with Crippen LogP contribution in [0.1, 0.15) is 96.8 Å². The molecule has 0 amide bonds. The first-order chi connectivity index (χ1) is 8.93. The quantitative estimate of drug-likeness (QED) is 0.268. The van der Waals surface area contributed by atoms with E-state index in [0.717, 1.165) is 5.92 Å². The lowest BCUT2D eigenvalue weighted by atomic mass is 9.99. The Labute approximate surface area is 115 Å². The maximum atomic E-state index is 2.44. The van der Waals surface area contributed by atoms with E-state index in [0.29, 0.717) is 0 Å². The molecule has 0 radical (unpaired) electrons. The van der Waals surface area contributed by atoms with Crippen molar-refractivity contribution < 1.29 is 0 Å². The van der Waals surface area contributed by atoms with Crippen LogP contribution in [0.2, 0.25) is 0 Å². The van der Waals surface area contributed by atoms with Crippen molar-refractivity contribution in [1.29, 1.82) is 0 Å². The molecule has 0 aromatic heterocycles. The zero-order chi connectivity index (χ0) is 12.9. The lowest BCUT2D eigenvalue weighted by molar-refractivity contribution is 0.504. The van der Waals surface area contributed by atoms with Crippen LogP contribution in [-0.4, -0.2) is 0 Å². The molecule has 0 saturated carbocycles. The van der Waals surface area contributed by atoms with Crippen molar-refractivity contribution in [2.75, 3.05) is 0 Å². The Morgan fingerprint density at radius 1 is 0.778 bits per heavy atom. The number of hydrogen-bond donors (Lipinski definition) is 0. The Morgan fingerprint density at radius 2 is 1.33 bits per heavy atom. The average Bonchev–Trinajstić information content (AvgIpc) is 2.89. The fraction of sp³-hybridized carbons (Fsp3) is 0.889. The van der Waals surface area contributed by atoms with Crippen LogP contribution in [0.4, 0.5) is 0 Å². The van der Waals surface area contributed by atoms with Gasteiger partial charge in [-0.2, -0.15) is 0 Å². The van der Waals surface area contributed by atoms with Crippen LogP contribution in [0, 0.1) is 5.92 Å². The van der Waals surface area contributed by atoms with E-state index in [-0.39, 0.29) is 0 Å². The summed E-state index contributed by atoms with van der Waals surface area (Å²) in [6.07, 6.45) is 25.1. The number of rotatable bonds is 12. The first-order valence-corrected chi connectivity index (χ1v) is 8.60. The van der Waals surface area contributed by atoms with Gasteiger partial charge in [0.25, 0.3) is 0 Å². The third kappa shape index (κ3) is 8.78. The highest BCUT2D eigenvalue weighted by atomic mass is 14.1. The van der Waals surface area contributed by atoms with Crippen LogP contribution in [0.25, 0.3) is 0 Å². The zero-order valence-corrected chi connectivity index (χ0v) is 12.6. The summed E-state index contributed by atoms with van der Waals surface area (Å²) >= 11 is 0. The normalized spacial score (nSPS) is 18.6. The van der Waals surface area contributed by atoms with E-state index in [2.05, 4.69) is 19.1 Å². The fourth-order valence-electron chi connectivity index (χ4n) is 3.01. The van der Waals surface area contributed by atoms with Crippen LogP contribution in [0.5, 0.6) is 0 Å². The molecule has 0 aromatic carbocycles. The van der Waals surface area contributed by atoms with Gasteiger partial charge >= 0.3 is 0 Å². The van der Waals surface area contributed by atoms with Crippen LogP contribution in [-0.2, 0) is 0 Å². The lowest BCUT2D eigenvalue weighted by Crippen LogP contribution is -1.91. The summed E-state index contributed by atoms with van der Waals surface area (Å²) in [5.41, 5.74) is 0. The molecule has 0 unspecified atom stereocenters. The number of allylic oxidation sites excluding steroid dienone is 2. The van der Waals surface area contributed by atoms with Crippen molar-refractivity contribution in [2.24, 2.45) is 5.92 Å². The SMILES string of the molecule is CCCCCCCCCCCCC[C@@H]1C=CCC1. The molecule has 1 atom stereocenters. The van der Waals surface area contributed by atoms with Gasteiger partial charge in [0.2, 0.25) is 0 Å². The molecule has 0 heteroatoms. The van der Waals surface area contributed by atoms with E-state index in [1.54, 1.807) is 0 Å². The predicted molar refractivity (Wildman–Crippen MR) is 82.9 cm³/mol. The van der Waals surface area contributed by atoms with Crippen LogP contribution >= 0.6 is 0 Å². The van der Waals surface area contributed by atoms with Crippen molar-refractivity contribution in [2.45, 2.75) is 96.8 Å². The average molecular weight is 250 g/mol. The van der Waals surface area contributed by atoms with Gasteiger partial charge in [-0.25, -0.2) is 0 Å². The molecule has 0 N–H and O–H groups in total. The largest absolute Gasteiger partial charge is 0.0882 e. The van der Waals surface area contributed by atoms with E-state index in [9.17, 15) is 0 Å². The van der Waals surface area contributed by atoms with Gasteiger partial charge in [-0.1, -0.05) is 89.7 Å². The van der Waals surface area contributed by atoms with Gasteiger partial charge in [0, 0.05) is 0 Å². The first kappa shape index (κ1) is 15.8. The van der Waals surface area contributed by atoms with Crippen molar-refractivity contribution in [3.63, 3.8) is 0 Å². The minimum Gasteiger partial charge on any atom is -0.0882 e. The summed E-state index contributed by atoms with van der Waals surface area (Å²) in [6, 6.07) is 0. The molecule has 0 saturated heterocycles. The second-order valence-corrected chi connectivity index (χ2v) is 6.09. The second kappa shape index (κ2) is 11.8. The van der Waals surface area contributed by atoms with E-state index in [1.165, 1.54) is 89.9 Å². The molecular weight excluding hydrogens is 216 g/mol. The molecular formula is C18H34. The third-order valence-corrected chi connectivity index (χ3v) is 4.29. The monoisotopic (exact) mass is 250 g/mol. The van der Waals surface area contributed by atoms with Gasteiger partial charge in [0.05, 0.1) is 0 Å². The molecule has 0 aromatic rings. The standard InChI is InChI=1S/C18H34/c1-2-3-4-5-6-7-8-9-10-11-12-15-18-16-13-14-17-18/h13,16,18H,2-12,14-15,17H2,1H3/t18-/m1/s1. The van der Waals surface area contributed by atoms with Gasteiger partial charge < -0.3 is 0 Å². The van der Waals surface area contributed by atoms with E-state index in [1.807, 2.05) is 0 Å². The van der Waals surface area contributed by atoms with Gasteiger partial charge in [-0.3, -0.25) is 0 Å². The predicted octanol–water partition coefficient (Wildman–Crippen LogP) is 6.65. The maximum absolute atomic E-state index is 2.44. The summed E-state index contributed by atoms with van der Waals surface area (Å²) in [5, 5.41) is 0. The van der Waals surface area contributed by atoms with Gasteiger partial charge in [0.1, 0.15) is 0 Å². The smallest absolute Gasteiger partial charge is 0.0231 e. The molecule has 0 nitrogen and oxygen atoms in total. The fourth-order valence-corrected chi connectivity index (χ4v) is 3.01. The topological polar surface area (TPSA) is 0 Å². The highest BCUT2D eigenvalue weighted by molar-refractivity contribution is 4.95. The molecule has 18 heavy (non-hydrogen) atoms. The number of hydrogen-bond acceptors (Lipinski definition) is 0. The minimum atomic E-state index is 0.934. The van der Waals surface area contributed by atoms with Crippen LogP contribution < -0.4 is 0 Å². The molecule has 1 aliphatic rings. The summed E-state index contributed by atoms with van der Waals surface area (Å²) in [4.78, 5) is 0. The lowest BCUT2D eigenvalue weighted by Gasteiger charge is -2.06. The van der Waals surface area contributed by atoms with Gasteiger partial charge in [0.15, 0.2) is 0 Å². The molecule has 1 rings (SSSR count). The Bertz CT molecular complexity index is 192. The molecule has 0 heterocycles. The summed E-state index contributed by atoms with van der Waals surface area (Å²) in [7, 11) is 0. The van der Waals surface area contributed by atoms with E-state index < -0.39 is 0 Å². The zero-order valence-electron chi connectivity index (χ0n) is 12.6. The van der Waals surface area contributed by atoms with Gasteiger partial charge in [-0.15, -0.1) is 0 Å². The van der Waals surface area contributed by atoms with E-state index in [4.69, 9.17) is 0 Å². The summed E-state index contributed by atoms with van der Waals surface area (Å²) < 4.78 is 0. The van der Waals surface area contributed by atoms with Crippen LogP contribution in [0.15, 0.2) is 12.2 Å². The van der Waals surface area contributed by atoms with Gasteiger partial charge in [-0.05, 0) is 25.2 Å². The summed E-state index contributed by atoms with van der Waals surface area (Å²) in [5.74, 6) is 0.934. The van der Waals surface area contributed by atoms with E-state index >= 15 is 0 Å². The van der Waals surface area contributed by atoms with Crippen molar-refractivity contribution in [3.8, 4) is 0 Å². The Morgan fingerprint density at radius 3 is 1.83 bits per heavy atom. The Hall–Kier alpha value is -0.260. The molecule has 0 spiro atoms. The first-order valence-electron chi connectivity index (χ1n) is 8.60. The molecule has 106 valence electrons. The van der Waals surface area contributed by atoms with Crippen molar-refractivity contribution in [3.05, 3.63) is 12.2 Å². The van der Waals surface area contributed by atoms with Crippen molar-refractivity contribution >= 4 is 0 Å². The maximum Gasteiger partial charge on any atom is -0.0231 e. The molecule has 1 aliphatic carbocycles. The minimum absolute atomic E-state index is 0.934. The molecule has 0 fully saturated rings. The Kier molecular flexibility index (Phi) is 10.4. The Balaban J connectivity index is 1.69. The summed E-state index contributed by atoms with van der Waals surface area (Å²) in [6.45, 7) is 2.29. The van der Waals surface area contributed by atoms with Crippen LogP contribution in [0.3, 0.4) is 0 Å². The third-order valence-electron chi connectivity index (χ3n) is 4.29. The molecule has 0 bridgehead atoms. The molecule has 0 aliphatic heterocycles. The highest BCUT2D eigenvalue weighted by Crippen LogP contribution is 2.23. The van der Waals surface area contributed by atoms with Crippen molar-refractivity contribution in [1.82, 2.24) is 0 Å². The highest BCUT2D eigenvalue weighted by Gasteiger charge is 2.07. The second-order valence-electron chi connectivity index (χ2n) is 6.09. The number of unbranched alkanes of at least 4 members (excludes halogenated alkanes) is 10.